The van der Waals surface area contributed by atoms with Crippen LogP contribution in [0.1, 0.15) is 10.5 Å². The quantitative estimate of drug-likeness (QED) is 0.851. The third kappa shape index (κ3) is 2.21. The summed E-state index contributed by atoms with van der Waals surface area (Å²) in [6.07, 6.45) is 0.492. The van der Waals surface area contributed by atoms with E-state index in [1.807, 2.05) is 0 Å². The van der Waals surface area contributed by atoms with Crippen LogP contribution in [0.3, 0.4) is 0 Å². The Morgan fingerprint density at radius 1 is 1.45 bits per heavy atom. The van der Waals surface area contributed by atoms with Crippen molar-refractivity contribution in [3.63, 3.8) is 0 Å². The fraction of sp³-hybridized carbons (Fsp3) is 0.364. The molecule has 0 bridgehead atoms. The van der Waals surface area contributed by atoms with E-state index in [1.54, 1.807) is 10.9 Å². The molecule has 1 aliphatic rings. The highest BCUT2D eigenvalue weighted by atomic mass is 79.9. The van der Waals surface area contributed by atoms with E-state index in [4.69, 9.17) is 0 Å². The van der Waals surface area contributed by atoms with E-state index in [9.17, 15) is 13.6 Å². The van der Waals surface area contributed by atoms with Crippen molar-refractivity contribution >= 4 is 27.7 Å². The Morgan fingerprint density at radius 2 is 2.25 bits per heavy atom. The highest BCUT2D eigenvalue weighted by Crippen LogP contribution is 2.30. The zero-order chi connectivity index (χ0) is 14.3. The number of carbonyl (C=O) groups excluding carboxylic acids is 1. The summed E-state index contributed by atoms with van der Waals surface area (Å²) in [5.41, 5.74) is 0.146. The molecule has 0 aromatic carbocycles. The van der Waals surface area contributed by atoms with E-state index < -0.39 is 13.0 Å². The van der Waals surface area contributed by atoms with Gasteiger partial charge < -0.3 is 0 Å². The van der Waals surface area contributed by atoms with Gasteiger partial charge in [0.25, 0.3) is 12.3 Å². The number of aromatic nitrogens is 4. The molecule has 0 saturated carbocycles. The highest BCUT2D eigenvalue weighted by molar-refractivity contribution is 9.10. The lowest BCUT2D eigenvalue weighted by molar-refractivity contribution is 0.0978. The van der Waals surface area contributed by atoms with E-state index in [0.29, 0.717) is 18.9 Å². The van der Waals surface area contributed by atoms with Crippen LogP contribution in [0.15, 0.2) is 22.9 Å². The summed E-state index contributed by atoms with van der Waals surface area (Å²) in [5.74, 6) is 0.344. The molecule has 9 heteroatoms. The summed E-state index contributed by atoms with van der Waals surface area (Å²) in [6.45, 7) is 0.571. The van der Waals surface area contributed by atoms with E-state index >= 15 is 0 Å². The Kier molecular flexibility index (Phi) is 3.28. The van der Waals surface area contributed by atoms with Crippen LogP contribution < -0.4 is 4.90 Å². The van der Waals surface area contributed by atoms with Crippen LogP contribution in [0.2, 0.25) is 0 Å². The molecular formula is C11H10BrF2N5O. The molecule has 106 valence electrons. The Labute approximate surface area is 121 Å². The number of anilines is 1. The largest absolute Gasteiger partial charge is 0.289 e. The van der Waals surface area contributed by atoms with Gasteiger partial charge in [-0.3, -0.25) is 14.4 Å². The average molecular weight is 346 g/mol. The van der Waals surface area contributed by atoms with Crippen molar-refractivity contribution in [2.75, 3.05) is 11.4 Å². The molecule has 0 saturated heterocycles. The lowest BCUT2D eigenvalue weighted by Gasteiger charge is -2.13. The number of rotatable bonds is 3. The van der Waals surface area contributed by atoms with Gasteiger partial charge in [0.2, 0.25) is 0 Å². The van der Waals surface area contributed by atoms with Crippen molar-refractivity contribution in [2.24, 2.45) is 0 Å². The number of hydrogen-bond donors (Lipinski definition) is 0. The molecule has 0 fully saturated rings. The number of hydrogen-bond acceptors (Lipinski definition) is 3. The first kappa shape index (κ1) is 13.2. The molecule has 0 unspecified atom stereocenters. The molecule has 1 amide bonds. The maximum atomic E-state index is 12.4. The van der Waals surface area contributed by atoms with Crippen molar-refractivity contribution in [2.45, 2.75) is 19.5 Å². The minimum absolute atomic E-state index is 0.146. The van der Waals surface area contributed by atoms with Crippen LogP contribution in [0.25, 0.3) is 0 Å². The summed E-state index contributed by atoms with van der Waals surface area (Å²) in [6, 6.07) is 1.44. The number of carbonyl (C=O) groups is 1. The van der Waals surface area contributed by atoms with Crippen molar-refractivity contribution in [3.8, 4) is 0 Å². The standard InChI is InChI=1S/C11H10BrF2N5O/c12-7-5-15-19-4-3-18(10(7)19)11(20)8-1-2-17(16-8)6-9(13)14/h1-2,5,9H,3-4,6H2. The first-order chi connectivity index (χ1) is 9.56. The van der Waals surface area contributed by atoms with Gasteiger partial charge in [0.15, 0.2) is 5.69 Å². The number of fused-ring (bicyclic) bond motifs is 1. The monoisotopic (exact) mass is 345 g/mol. The third-order valence-electron chi connectivity index (χ3n) is 2.99. The van der Waals surface area contributed by atoms with Crippen molar-refractivity contribution in [1.29, 1.82) is 0 Å². The van der Waals surface area contributed by atoms with E-state index in [2.05, 4.69) is 26.1 Å². The molecule has 20 heavy (non-hydrogen) atoms. The number of alkyl halides is 2. The maximum absolute atomic E-state index is 12.4. The fourth-order valence-corrected chi connectivity index (χ4v) is 2.65. The second-order valence-electron chi connectivity index (χ2n) is 4.31. The SMILES string of the molecule is O=C(c1ccn(CC(F)F)n1)N1CCn2ncc(Br)c21. The lowest BCUT2D eigenvalue weighted by atomic mass is 10.3. The number of halogens is 3. The topological polar surface area (TPSA) is 56.0 Å². The Hall–Kier alpha value is -1.77. The minimum atomic E-state index is -2.50. The van der Waals surface area contributed by atoms with Crippen molar-refractivity contribution in [3.05, 3.63) is 28.6 Å². The predicted molar refractivity (Wildman–Crippen MR) is 69.8 cm³/mol. The van der Waals surface area contributed by atoms with Crippen LogP contribution >= 0.6 is 15.9 Å². The van der Waals surface area contributed by atoms with Crippen molar-refractivity contribution in [1.82, 2.24) is 19.6 Å². The van der Waals surface area contributed by atoms with Crippen molar-refractivity contribution < 1.29 is 13.6 Å². The van der Waals surface area contributed by atoms with Gasteiger partial charge in [0, 0.05) is 12.7 Å². The maximum Gasteiger partial charge on any atom is 0.280 e. The third-order valence-corrected chi connectivity index (χ3v) is 3.55. The Balaban J connectivity index is 1.83. The van der Waals surface area contributed by atoms with Gasteiger partial charge in [-0.25, -0.2) is 13.5 Å². The molecular weight excluding hydrogens is 336 g/mol. The zero-order valence-corrected chi connectivity index (χ0v) is 11.8. The molecule has 6 nitrogen and oxygen atoms in total. The van der Waals surface area contributed by atoms with E-state index in [-0.39, 0.29) is 11.6 Å². The Bertz CT molecular complexity index is 653. The van der Waals surface area contributed by atoms with Gasteiger partial charge >= 0.3 is 0 Å². The van der Waals surface area contributed by atoms with Crippen LogP contribution in [-0.2, 0) is 13.1 Å². The zero-order valence-electron chi connectivity index (χ0n) is 10.2. The van der Waals surface area contributed by atoms with Crippen LogP contribution in [0.5, 0.6) is 0 Å². The van der Waals surface area contributed by atoms with Gasteiger partial charge in [-0.1, -0.05) is 0 Å². The Morgan fingerprint density at radius 3 is 3.00 bits per heavy atom. The van der Waals surface area contributed by atoms with E-state index in [0.717, 1.165) is 9.15 Å². The molecule has 0 radical (unpaired) electrons. The van der Waals surface area contributed by atoms with Gasteiger partial charge in [-0.05, 0) is 22.0 Å². The fourth-order valence-electron chi connectivity index (χ4n) is 2.14. The summed E-state index contributed by atoms with van der Waals surface area (Å²) in [4.78, 5) is 13.9. The van der Waals surface area contributed by atoms with Gasteiger partial charge in [0.05, 0.1) is 17.2 Å². The number of nitrogens with zero attached hydrogens (tertiary/aromatic N) is 5. The van der Waals surface area contributed by atoms with E-state index in [1.165, 1.54) is 17.2 Å². The lowest BCUT2D eigenvalue weighted by Crippen LogP contribution is -2.29. The van der Waals surface area contributed by atoms with Gasteiger partial charge in [-0.15, -0.1) is 0 Å². The van der Waals surface area contributed by atoms with Gasteiger partial charge in [0.1, 0.15) is 12.4 Å². The molecule has 1 aliphatic heterocycles. The minimum Gasteiger partial charge on any atom is -0.289 e. The second kappa shape index (κ2) is 4.97. The van der Waals surface area contributed by atoms with Crippen LogP contribution in [-0.4, -0.2) is 38.4 Å². The predicted octanol–water partition coefficient (Wildman–Crippen LogP) is 1.77. The summed E-state index contributed by atoms with van der Waals surface area (Å²) >= 11 is 3.33. The average Bonchev–Trinajstić information content (AvgIpc) is 3.06. The molecule has 3 heterocycles. The van der Waals surface area contributed by atoms with Crippen LogP contribution in [0, 0.1) is 0 Å². The molecule has 3 rings (SSSR count). The van der Waals surface area contributed by atoms with Crippen LogP contribution in [0.4, 0.5) is 14.6 Å². The normalized spacial score (nSPS) is 14.1. The molecule has 2 aromatic heterocycles. The summed E-state index contributed by atoms with van der Waals surface area (Å²) in [7, 11) is 0. The highest BCUT2D eigenvalue weighted by Gasteiger charge is 2.30. The molecule has 0 aliphatic carbocycles. The smallest absolute Gasteiger partial charge is 0.280 e. The second-order valence-corrected chi connectivity index (χ2v) is 5.16. The summed E-state index contributed by atoms with van der Waals surface area (Å²) in [5, 5.41) is 8.00. The molecule has 2 aromatic rings. The van der Waals surface area contributed by atoms with Gasteiger partial charge in [-0.2, -0.15) is 10.2 Å². The summed E-state index contributed by atoms with van der Waals surface area (Å²) < 4.78 is 28.0. The first-order valence-electron chi connectivity index (χ1n) is 5.91. The number of amides is 1. The molecule has 0 spiro atoms. The molecule has 0 atom stereocenters. The first-order valence-corrected chi connectivity index (χ1v) is 6.70. The molecule has 0 N–H and O–H groups in total.